The number of aromatic amines is 1. The van der Waals surface area contributed by atoms with E-state index in [2.05, 4.69) is 10.3 Å². The largest absolute Gasteiger partial charge is 0.480 e. The first-order valence-corrected chi connectivity index (χ1v) is 6.13. The zero-order valence-corrected chi connectivity index (χ0v) is 11.1. The van der Waals surface area contributed by atoms with Crippen molar-refractivity contribution in [3.05, 3.63) is 40.1 Å². The summed E-state index contributed by atoms with van der Waals surface area (Å²) < 4.78 is 0. The van der Waals surface area contributed by atoms with Gasteiger partial charge in [0.15, 0.2) is 0 Å². The fourth-order valence-corrected chi connectivity index (χ4v) is 2.21. The van der Waals surface area contributed by atoms with Crippen LogP contribution in [0, 0.1) is 10.1 Å². The summed E-state index contributed by atoms with van der Waals surface area (Å²) in [7, 11) is 0. The number of nitrogens with zero attached hydrogens (tertiary/aromatic N) is 1. The van der Waals surface area contributed by atoms with Crippen LogP contribution < -0.4 is 5.32 Å². The summed E-state index contributed by atoms with van der Waals surface area (Å²) in [6, 6.07) is 3.43. The highest BCUT2D eigenvalue weighted by Crippen LogP contribution is 2.29. The van der Waals surface area contributed by atoms with Crippen molar-refractivity contribution < 1.29 is 19.6 Å². The molecule has 0 saturated heterocycles. The number of hydrogen-bond acceptors (Lipinski definition) is 4. The minimum atomic E-state index is -1.20. The van der Waals surface area contributed by atoms with Gasteiger partial charge in [-0.1, -0.05) is 6.07 Å². The molecule has 110 valence electrons. The molecule has 21 heavy (non-hydrogen) atoms. The fraction of sp³-hybridized carbons (Fsp3) is 0.231. The summed E-state index contributed by atoms with van der Waals surface area (Å²) in [6.45, 7) is 1.22. The summed E-state index contributed by atoms with van der Waals surface area (Å²) in [4.78, 5) is 35.6. The molecule has 0 aliphatic heterocycles. The van der Waals surface area contributed by atoms with Crippen molar-refractivity contribution in [2.75, 3.05) is 0 Å². The van der Waals surface area contributed by atoms with E-state index in [0.29, 0.717) is 16.5 Å². The second-order valence-electron chi connectivity index (χ2n) is 4.57. The van der Waals surface area contributed by atoms with Crippen molar-refractivity contribution in [2.45, 2.75) is 19.4 Å². The number of rotatable bonds is 5. The van der Waals surface area contributed by atoms with Crippen molar-refractivity contribution in [1.29, 1.82) is 0 Å². The van der Waals surface area contributed by atoms with E-state index in [0.717, 1.165) is 0 Å². The molecule has 0 bridgehead atoms. The van der Waals surface area contributed by atoms with Gasteiger partial charge in [0.1, 0.15) is 6.04 Å². The van der Waals surface area contributed by atoms with Gasteiger partial charge in [-0.25, -0.2) is 4.79 Å². The number of non-ortho nitro benzene ring substituents is 1. The van der Waals surface area contributed by atoms with Crippen molar-refractivity contribution in [2.24, 2.45) is 0 Å². The molecular formula is C13H13N3O5. The molecular weight excluding hydrogens is 278 g/mol. The van der Waals surface area contributed by atoms with Crippen molar-refractivity contribution >= 4 is 28.5 Å². The zero-order chi connectivity index (χ0) is 15.6. The van der Waals surface area contributed by atoms with Crippen LogP contribution in [0.1, 0.15) is 12.5 Å². The standard InChI is InChI=1S/C13H13N3O5/c1-7(17)15-10(13(18)19)5-8-6-14-9-3-2-4-11(12(8)9)16(20)21/h2-4,6,10,14H,5H2,1H3,(H,15,17)(H,18,19)/t10-/m1/s1. The van der Waals surface area contributed by atoms with Gasteiger partial charge in [-0.15, -0.1) is 0 Å². The van der Waals surface area contributed by atoms with Gasteiger partial charge in [0, 0.05) is 25.6 Å². The van der Waals surface area contributed by atoms with E-state index in [1.165, 1.54) is 19.2 Å². The van der Waals surface area contributed by atoms with Crippen LogP contribution in [0.3, 0.4) is 0 Å². The molecule has 2 rings (SSSR count). The first kappa shape index (κ1) is 14.5. The predicted molar refractivity (Wildman–Crippen MR) is 73.9 cm³/mol. The smallest absolute Gasteiger partial charge is 0.326 e. The molecule has 0 spiro atoms. The van der Waals surface area contributed by atoms with Crippen LogP contribution in [0.4, 0.5) is 5.69 Å². The van der Waals surface area contributed by atoms with Gasteiger partial charge < -0.3 is 15.4 Å². The van der Waals surface area contributed by atoms with Crippen LogP contribution in [0.2, 0.25) is 0 Å². The van der Waals surface area contributed by atoms with Crippen molar-refractivity contribution in [3.8, 4) is 0 Å². The van der Waals surface area contributed by atoms with Crippen LogP contribution in [0.5, 0.6) is 0 Å². The molecule has 0 aliphatic carbocycles. The number of aliphatic carboxylic acids is 1. The molecule has 8 nitrogen and oxygen atoms in total. The average molecular weight is 291 g/mol. The van der Waals surface area contributed by atoms with E-state index < -0.39 is 22.8 Å². The molecule has 1 aromatic heterocycles. The van der Waals surface area contributed by atoms with E-state index in [9.17, 15) is 19.7 Å². The number of benzene rings is 1. The lowest BCUT2D eigenvalue weighted by molar-refractivity contribution is -0.383. The first-order chi connectivity index (χ1) is 9.90. The molecule has 0 aliphatic rings. The summed E-state index contributed by atoms with van der Waals surface area (Å²) >= 11 is 0. The third-order valence-electron chi connectivity index (χ3n) is 3.06. The minimum Gasteiger partial charge on any atom is -0.480 e. The van der Waals surface area contributed by atoms with Crippen LogP contribution in [0.15, 0.2) is 24.4 Å². The number of hydrogen-bond donors (Lipinski definition) is 3. The Morgan fingerprint density at radius 1 is 1.48 bits per heavy atom. The van der Waals surface area contributed by atoms with Gasteiger partial charge in [-0.05, 0) is 11.6 Å². The van der Waals surface area contributed by atoms with Gasteiger partial charge in [-0.3, -0.25) is 14.9 Å². The number of carboxylic acids is 1. The number of amides is 1. The topological polar surface area (TPSA) is 125 Å². The Morgan fingerprint density at radius 2 is 2.19 bits per heavy atom. The molecule has 1 atom stereocenters. The SMILES string of the molecule is CC(=O)N[C@H](Cc1c[nH]c2cccc([N+](=O)[O-])c12)C(=O)O. The second-order valence-corrected chi connectivity index (χ2v) is 4.57. The highest BCUT2D eigenvalue weighted by atomic mass is 16.6. The number of nitro groups is 1. The third-order valence-corrected chi connectivity index (χ3v) is 3.06. The van der Waals surface area contributed by atoms with E-state index in [1.807, 2.05) is 0 Å². The number of nitro benzene ring substituents is 1. The van der Waals surface area contributed by atoms with Crippen LogP contribution in [0.25, 0.3) is 10.9 Å². The number of H-pyrrole nitrogens is 1. The van der Waals surface area contributed by atoms with E-state index in [1.54, 1.807) is 12.1 Å². The van der Waals surface area contributed by atoms with E-state index >= 15 is 0 Å². The maximum Gasteiger partial charge on any atom is 0.326 e. The van der Waals surface area contributed by atoms with Crippen molar-refractivity contribution in [1.82, 2.24) is 10.3 Å². The Hall–Kier alpha value is -2.90. The molecule has 2 aromatic rings. The third kappa shape index (κ3) is 2.99. The number of carboxylic acid groups (broad SMARTS) is 1. The maximum absolute atomic E-state index is 11.2. The minimum absolute atomic E-state index is 0.0419. The fourth-order valence-electron chi connectivity index (χ4n) is 2.21. The van der Waals surface area contributed by atoms with Gasteiger partial charge in [-0.2, -0.15) is 0 Å². The lowest BCUT2D eigenvalue weighted by Gasteiger charge is -2.12. The number of fused-ring (bicyclic) bond motifs is 1. The second kappa shape index (κ2) is 5.61. The van der Waals surface area contributed by atoms with Crippen LogP contribution in [-0.4, -0.2) is 32.9 Å². The van der Waals surface area contributed by atoms with Gasteiger partial charge in [0.25, 0.3) is 5.69 Å². The highest BCUT2D eigenvalue weighted by molar-refractivity contribution is 5.92. The predicted octanol–water partition coefficient (Wildman–Crippen LogP) is 1.21. The van der Waals surface area contributed by atoms with Gasteiger partial charge >= 0.3 is 5.97 Å². The molecule has 1 aromatic carbocycles. The average Bonchev–Trinajstić information content (AvgIpc) is 2.80. The van der Waals surface area contributed by atoms with E-state index in [-0.39, 0.29) is 12.1 Å². The van der Waals surface area contributed by atoms with Crippen molar-refractivity contribution in [3.63, 3.8) is 0 Å². The lowest BCUT2D eigenvalue weighted by Crippen LogP contribution is -2.41. The Kier molecular flexibility index (Phi) is 3.88. The van der Waals surface area contributed by atoms with Crippen LogP contribution in [-0.2, 0) is 16.0 Å². The Balaban J connectivity index is 2.44. The monoisotopic (exact) mass is 291 g/mol. The quantitative estimate of drug-likeness (QED) is 0.564. The van der Waals surface area contributed by atoms with Crippen LogP contribution >= 0.6 is 0 Å². The van der Waals surface area contributed by atoms with E-state index in [4.69, 9.17) is 5.11 Å². The molecule has 0 saturated carbocycles. The Morgan fingerprint density at radius 3 is 2.76 bits per heavy atom. The molecule has 1 heterocycles. The first-order valence-electron chi connectivity index (χ1n) is 6.13. The van der Waals surface area contributed by atoms with Gasteiger partial charge in [0.05, 0.1) is 15.8 Å². The summed E-state index contributed by atoms with van der Waals surface area (Å²) in [5.41, 5.74) is 0.917. The number of nitrogens with one attached hydrogen (secondary N) is 2. The summed E-state index contributed by atoms with van der Waals surface area (Å²) in [6.07, 6.45) is 1.48. The van der Waals surface area contributed by atoms with Gasteiger partial charge in [0.2, 0.25) is 5.91 Å². The Bertz CT molecular complexity index is 722. The lowest BCUT2D eigenvalue weighted by atomic mass is 10.0. The molecule has 0 fully saturated rings. The Labute approximate surface area is 118 Å². The highest BCUT2D eigenvalue weighted by Gasteiger charge is 2.23. The molecule has 0 unspecified atom stereocenters. The summed E-state index contributed by atoms with van der Waals surface area (Å²) in [5, 5.41) is 22.8. The maximum atomic E-state index is 11.2. The number of aromatic nitrogens is 1. The normalized spacial score (nSPS) is 12.0. The molecule has 8 heteroatoms. The molecule has 1 amide bonds. The summed E-state index contributed by atoms with van der Waals surface area (Å²) in [5.74, 6) is -1.67. The number of carbonyl (C=O) groups is 2. The number of carbonyl (C=O) groups excluding carboxylic acids is 1. The molecule has 0 radical (unpaired) electrons. The zero-order valence-electron chi connectivity index (χ0n) is 11.1. The molecule has 3 N–H and O–H groups in total.